The lowest BCUT2D eigenvalue weighted by Gasteiger charge is -2.20. The van der Waals surface area contributed by atoms with Crippen molar-refractivity contribution in [3.63, 3.8) is 0 Å². The van der Waals surface area contributed by atoms with Gasteiger partial charge in [-0.2, -0.15) is 5.10 Å². The summed E-state index contributed by atoms with van der Waals surface area (Å²) in [5.74, 6) is 0.339. The fraction of sp³-hybridized carbons (Fsp3) is 0.280. The molecule has 3 aromatic heterocycles. The van der Waals surface area contributed by atoms with Crippen LogP contribution in [0.15, 0.2) is 51.0 Å². The summed E-state index contributed by atoms with van der Waals surface area (Å²) in [5.41, 5.74) is 9.99. The number of pyridine rings is 1. The van der Waals surface area contributed by atoms with Gasteiger partial charge >= 0.3 is 0 Å². The number of benzene rings is 1. The first kappa shape index (κ1) is 22.9. The van der Waals surface area contributed by atoms with Crippen molar-refractivity contribution in [3.8, 4) is 11.3 Å². The SMILES string of the molecule is Cc1cc([C@@H](C)Nc2ccc(Cl)nc2/C(N)=N/O)c2oc(-c3cnn(C4CC4)c3)c(C)c(=O)c2c1. The summed E-state index contributed by atoms with van der Waals surface area (Å²) in [6.45, 7) is 5.65. The summed E-state index contributed by atoms with van der Waals surface area (Å²) >= 11 is 6.02. The third kappa shape index (κ3) is 4.23. The average molecular weight is 493 g/mol. The second-order valence-electron chi connectivity index (χ2n) is 8.94. The van der Waals surface area contributed by atoms with Crippen LogP contribution in [-0.2, 0) is 0 Å². The third-order valence-electron chi connectivity index (χ3n) is 6.23. The zero-order chi connectivity index (χ0) is 24.9. The molecule has 1 aromatic carbocycles. The van der Waals surface area contributed by atoms with Crippen molar-refractivity contribution >= 4 is 34.1 Å². The van der Waals surface area contributed by atoms with E-state index < -0.39 is 0 Å². The molecule has 1 aliphatic carbocycles. The van der Waals surface area contributed by atoms with E-state index in [0.717, 1.165) is 29.5 Å². The minimum Gasteiger partial charge on any atom is -0.455 e. The summed E-state index contributed by atoms with van der Waals surface area (Å²) in [4.78, 5) is 17.6. The molecule has 4 aromatic rings. The number of hydrogen-bond acceptors (Lipinski definition) is 7. The molecule has 1 fully saturated rings. The van der Waals surface area contributed by atoms with Crippen molar-refractivity contribution in [1.82, 2.24) is 14.8 Å². The Labute approximate surface area is 206 Å². The van der Waals surface area contributed by atoms with E-state index in [1.54, 1.807) is 25.3 Å². The highest BCUT2D eigenvalue weighted by atomic mass is 35.5. The van der Waals surface area contributed by atoms with Gasteiger partial charge in [-0.3, -0.25) is 9.48 Å². The van der Waals surface area contributed by atoms with Crippen LogP contribution < -0.4 is 16.5 Å². The van der Waals surface area contributed by atoms with Crippen molar-refractivity contribution in [2.45, 2.75) is 45.7 Å². The van der Waals surface area contributed by atoms with Crippen LogP contribution in [-0.4, -0.2) is 25.8 Å². The maximum absolute atomic E-state index is 13.4. The second kappa shape index (κ2) is 8.74. The summed E-state index contributed by atoms with van der Waals surface area (Å²) in [5, 5.41) is 20.7. The monoisotopic (exact) mass is 492 g/mol. The van der Waals surface area contributed by atoms with Gasteiger partial charge in [-0.05, 0) is 57.4 Å². The molecule has 1 saturated carbocycles. The van der Waals surface area contributed by atoms with Crippen LogP contribution in [0.2, 0.25) is 5.15 Å². The van der Waals surface area contributed by atoms with Crippen molar-refractivity contribution < 1.29 is 9.62 Å². The zero-order valence-electron chi connectivity index (χ0n) is 19.5. The van der Waals surface area contributed by atoms with E-state index in [9.17, 15) is 4.79 Å². The molecule has 180 valence electrons. The maximum atomic E-state index is 13.4. The minimum atomic E-state index is -0.321. The molecule has 0 saturated heterocycles. The normalized spacial score (nSPS) is 14.9. The van der Waals surface area contributed by atoms with E-state index in [4.69, 9.17) is 27.0 Å². The molecule has 10 heteroatoms. The van der Waals surface area contributed by atoms with Crippen molar-refractivity contribution in [2.24, 2.45) is 10.9 Å². The Balaban J connectivity index is 1.62. The number of amidine groups is 1. The molecule has 0 unspecified atom stereocenters. The van der Waals surface area contributed by atoms with Gasteiger partial charge in [0.1, 0.15) is 22.2 Å². The van der Waals surface area contributed by atoms with Crippen LogP contribution >= 0.6 is 11.6 Å². The van der Waals surface area contributed by atoms with Gasteiger partial charge in [-0.25, -0.2) is 4.98 Å². The van der Waals surface area contributed by atoms with E-state index in [2.05, 4.69) is 20.6 Å². The Morgan fingerprint density at radius 1 is 1.34 bits per heavy atom. The topological polar surface area (TPSA) is 132 Å². The van der Waals surface area contributed by atoms with E-state index in [1.165, 1.54) is 0 Å². The molecular formula is C25H25ClN6O3. The number of nitrogens with one attached hydrogen (secondary N) is 1. The van der Waals surface area contributed by atoms with E-state index in [-0.39, 0.29) is 28.2 Å². The molecule has 5 rings (SSSR count). The van der Waals surface area contributed by atoms with E-state index in [0.29, 0.717) is 34.0 Å². The fourth-order valence-corrected chi connectivity index (χ4v) is 4.41. The first-order valence-corrected chi connectivity index (χ1v) is 11.7. The van der Waals surface area contributed by atoms with Gasteiger partial charge in [-0.1, -0.05) is 22.8 Å². The van der Waals surface area contributed by atoms with Gasteiger partial charge in [0.05, 0.1) is 34.9 Å². The molecule has 1 atom stereocenters. The number of nitrogens with two attached hydrogens (primary N) is 1. The number of nitrogens with zero attached hydrogens (tertiary/aromatic N) is 4. The highest BCUT2D eigenvalue weighted by Crippen LogP contribution is 2.36. The Bertz CT molecular complexity index is 1540. The summed E-state index contributed by atoms with van der Waals surface area (Å²) in [6, 6.07) is 7.23. The largest absolute Gasteiger partial charge is 0.455 e. The predicted octanol–water partition coefficient (Wildman–Crippen LogP) is 4.92. The van der Waals surface area contributed by atoms with Gasteiger partial charge in [0.25, 0.3) is 0 Å². The van der Waals surface area contributed by atoms with Crippen LogP contribution in [0.4, 0.5) is 5.69 Å². The number of anilines is 1. The number of aryl methyl sites for hydroxylation is 1. The maximum Gasteiger partial charge on any atom is 0.196 e. The van der Waals surface area contributed by atoms with Gasteiger partial charge in [-0.15, -0.1) is 0 Å². The fourth-order valence-electron chi connectivity index (χ4n) is 4.26. The second-order valence-corrected chi connectivity index (χ2v) is 9.32. The molecular weight excluding hydrogens is 468 g/mol. The molecule has 35 heavy (non-hydrogen) atoms. The molecule has 9 nitrogen and oxygen atoms in total. The number of fused-ring (bicyclic) bond motifs is 1. The summed E-state index contributed by atoms with van der Waals surface area (Å²) in [6.07, 6.45) is 5.91. The van der Waals surface area contributed by atoms with Crippen molar-refractivity contribution in [1.29, 1.82) is 0 Å². The quantitative estimate of drug-likeness (QED) is 0.114. The minimum absolute atomic E-state index is 0.0805. The lowest BCUT2D eigenvalue weighted by molar-refractivity contribution is 0.318. The molecule has 0 spiro atoms. The molecule has 0 aliphatic heterocycles. The van der Waals surface area contributed by atoms with Crippen LogP contribution in [0.5, 0.6) is 0 Å². The van der Waals surface area contributed by atoms with Gasteiger partial charge < -0.3 is 20.7 Å². The molecule has 4 N–H and O–H groups in total. The van der Waals surface area contributed by atoms with Crippen LogP contribution in [0.25, 0.3) is 22.3 Å². The lowest BCUT2D eigenvalue weighted by Crippen LogP contribution is -2.19. The number of aromatic nitrogens is 3. The number of rotatable bonds is 6. The number of oxime groups is 1. The Morgan fingerprint density at radius 2 is 2.11 bits per heavy atom. The first-order valence-electron chi connectivity index (χ1n) is 11.3. The standard InChI is InChI=1S/C25H25ClN6O3/c1-12-8-17(14(3)29-19-6-7-20(26)30-21(19)25(27)31-34)24-18(9-12)22(33)13(2)23(35-24)15-10-28-32(11-15)16-4-5-16/h6-11,14,16,29,34H,4-5H2,1-3H3,(H2,27,31)/t14-/m1/s1. The Hall–Kier alpha value is -3.85. The van der Waals surface area contributed by atoms with Gasteiger partial charge in [0.15, 0.2) is 11.3 Å². The average Bonchev–Trinajstić information content (AvgIpc) is 3.58. The molecule has 3 heterocycles. The van der Waals surface area contributed by atoms with Gasteiger partial charge in [0.2, 0.25) is 0 Å². The lowest BCUT2D eigenvalue weighted by atomic mass is 9.99. The van der Waals surface area contributed by atoms with Crippen molar-refractivity contribution in [2.75, 3.05) is 5.32 Å². The number of hydrogen-bond donors (Lipinski definition) is 3. The predicted molar refractivity (Wildman–Crippen MR) is 135 cm³/mol. The first-order chi connectivity index (χ1) is 16.8. The highest BCUT2D eigenvalue weighted by molar-refractivity contribution is 6.29. The summed E-state index contributed by atoms with van der Waals surface area (Å²) in [7, 11) is 0. The van der Waals surface area contributed by atoms with Crippen LogP contribution in [0.3, 0.4) is 0 Å². The van der Waals surface area contributed by atoms with E-state index in [1.807, 2.05) is 36.9 Å². The molecule has 0 radical (unpaired) electrons. The van der Waals surface area contributed by atoms with Crippen molar-refractivity contribution in [3.05, 3.63) is 74.4 Å². The molecule has 1 aliphatic rings. The Kier molecular flexibility index (Phi) is 5.72. The smallest absolute Gasteiger partial charge is 0.196 e. The van der Waals surface area contributed by atoms with Crippen LogP contribution in [0.1, 0.15) is 54.2 Å². The number of halogens is 1. The molecule has 0 amide bonds. The highest BCUT2D eigenvalue weighted by Gasteiger charge is 2.26. The Morgan fingerprint density at radius 3 is 2.83 bits per heavy atom. The van der Waals surface area contributed by atoms with Crippen LogP contribution in [0, 0.1) is 13.8 Å². The molecule has 0 bridgehead atoms. The van der Waals surface area contributed by atoms with E-state index >= 15 is 0 Å². The summed E-state index contributed by atoms with van der Waals surface area (Å²) < 4.78 is 8.35. The third-order valence-corrected chi connectivity index (χ3v) is 6.44. The van der Waals surface area contributed by atoms with Gasteiger partial charge in [0, 0.05) is 17.3 Å². The zero-order valence-corrected chi connectivity index (χ0v) is 20.3.